The number of nitrogens with zero attached hydrogens (tertiary/aromatic N) is 1. The minimum absolute atomic E-state index is 0.266. The Hall–Kier alpha value is -1.89. The molecule has 5 nitrogen and oxygen atoms in total. The molecule has 0 saturated carbocycles. The van der Waals surface area contributed by atoms with Crippen LogP contribution in [0.4, 0.5) is 5.69 Å². The van der Waals surface area contributed by atoms with Crippen molar-refractivity contribution in [2.45, 2.75) is 58.0 Å². The highest BCUT2D eigenvalue weighted by molar-refractivity contribution is 7.92. The van der Waals surface area contributed by atoms with Gasteiger partial charge in [-0.3, -0.25) is 9.62 Å². The quantitative estimate of drug-likeness (QED) is 0.529. The Morgan fingerprint density at radius 3 is 2.31 bits per heavy atom. The van der Waals surface area contributed by atoms with Crippen molar-refractivity contribution in [3.63, 3.8) is 0 Å². The average molecular weight is 458 g/mol. The summed E-state index contributed by atoms with van der Waals surface area (Å²) >= 11 is 0. The zero-order chi connectivity index (χ0) is 23.2. The molecule has 1 fully saturated rings. The third kappa shape index (κ3) is 6.80. The van der Waals surface area contributed by atoms with E-state index in [1.54, 1.807) is 0 Å². The minimum Gasteiger partial charge on any atom is -0.321 e. The van der Waals surface area contributed by atoms with E-state index in [2.05, 4.69) is 47.7 Å². The Morgan fingerprint density at radius 1 is 1.06 bits per heavy atom. The van der Waals surface area contributed by atoms with E-state index >= 15 is 0 Å². The first kappa shape index (κ1) is 24.7. The molecule has 2 aromatic rings. The van der Waals surface area contributed by atoms with Crippen LogP contribution in [0.2, 0.25) is 0 Å². The number of hydrogen-bond acceptors (Lipinski definition) is 4. The number of likely N-dealkylation sites (tertiary alicyclic amines) is 1. The zero-order valence-electron chi connectivity index (χ0n) is 19.8. The molecule has 1 aliphatic heterocycles. The van der Waals surface area contributed by atoms with Crippen molar-refractivity contribution in [2.75, 3.05) is 24.1 Å². The first-order valence-corrected chi connectivity index (χ1v) is 13.7. The SMILES string of the molecule is CC(C)C(N)(CCCC1CCN(Cc2ccccc2NS(C)(=O)=O)CC1)c1ccccc1. The van der Waals surface area contributed by atoms with Gasteiger partial charge in [-0.15, -0.1) is 0 Å². The molecule has 0 radical (unpaired) electrons. The van der Waals surface area contributed by atoms with Crippen LogP contribution in [0.15, 0.2) is 54.6 Å². The first-order chi connectivity index (χ1) is 15.2. The lowest BCUT2D eigenvalue weighted by Crippen LogP contribution is -2.42. The van der Waals surface area contributed by atoms with Crippen LogP contribution in [0.1, 0.15) is 57.1 Å². The molecule has 1 heterocycles. The molecule has 0 amide bonds. The highest BCUT2D eigenvalue weighted by atomic mass is 32.2. The molecule has 0 spiro atoms. The molecule has 0 aliphatic carbocycles. The minimum atomic E-state index is -3.28. The van der Waals surface area contributed by atoms with Crippen LogP contribution in [-0.2, 0) is 22.1 Å². The zero-order valence-corrected chi connectivity index (χ0v) is 20.6. The summed E-state index contributed by atoms with van der Waals surface area (Å²) in [6.07, 6.45) is 6.95. The Balaban J connectivity index is 1.49. The number of nitrogens with two attached hydrogens (primary N) is 1. The summed E-state index contributed by atoms with van der Waals surface area (Å²) in [4.78, 5) is 2.44. The number of nitrogens with one attached hydrogen (secondary N) is 1. The van der Waals surface area contributed by atoms with Crippen molar-refractivity contribution in [1.29, 1.82) is 0 Å². The van der Waals surface area contributed by atoms with Crippen molar-refractivity contribution in [3.05, 3.63) is 65.7 Å². The highest BCUT2D eigenvalue weighted by Gasteiger charge is 2.31. The monoisotopic (exact) mass is 457 g/mol. The van der Waals surface area contributed by atoms with Gasteiger partial charge in [0.15, 0.2) is 0 Å². The normalized spacial score (nSPS) is 17.9. The second-order valence-corrected chi connectivity index (χ2v) is 11.5. The lowest BCUT2D eigenvalue weighted by molar-refractivity contribution is 0.166. The number of benzene rings is 2. The van der Waals surface area contributed by atoms with Crippen molar-refractivity contribution < 1.29 is 8.42 Å². The summed E-state index contributed by atoms with van der Waals surface area (Å²) in [5.74, 6) is 1.13. The lowest BCUT2D eigenvalue weighted by Gasteiger charge is -2.36. The molecule has 32 heavy (non-hydrogen) atoms. The van der Waals surface area contributed by atoms with E-state index < -0.39 is 10.0 Å². The Bertz CT molecular complexity index is 954. The third-order valence-corrected chi connectivity index (χ3v) is 7.55. The smallest absolute Gasteiger partial charge is 0.229 e. The summed E-state index contributed by atoms with van der Waals surface area (Å²) in [5, 5.41) is 0. The van der Waals surface area contributed by atoms with Gasteiger partial charge < -0.3 is 5.73 Å². The molecule has 0 aromatic heterocycles. The number of rotatable bonds is 10. The van der Waals surface area contributed by atoms with Crippen molar-refractivity contribution >= 4 is 15.7 Å². The summed E-state index contributed by atoms with van der Waals surface area (Å²) in [6.45, 7) is 7.33. The van der Waals surface area contributed by atoms with E-state index in [-0.39, 0.29) is 5.54 Å². The van der Waals surface area contributed by atoms with E-state index in [1.165, 1.54) is 31.1 Å². The molecule has 1 aliphatic rings. The van der Waals surface area contributed by atoms with E-state index in [9.17, 15) is 8.42 Å². The molecule has 1 saturated heterocycles. The van der Waals surface area contributed by atoms with Crippen LogP contribution in [0.25, 0.3) is 0 Å². The Morgan fingerprint density at radius 2 is 1.69 bits per heavy atom. The van der Waals surface area contributed by atoms with Gasteiger partial charge in [0.05, 0.1) is 11.9 Å². The maximum Gasteiger partial charge on any atom is 0.229 e. The fourth-order valence-corrected chi connectivity index (χ4v) is 5.43. The lowest BCUT2D eigenvalue weighted by atomic mass is 9.76. The predicted octanol–water partition coefficient (Wildman–Crippen LogP) is 4.95. The van der Waals surface area contributed by atoms with Gasteiger partial charge in [0.1, 0.15) is 0 Å². The second kappa shape index (κ2) is 10.8. The fourth-order valence-electron chi connectivity index (χ4n) is 4.83. The van der Waals surface area contributed by atoms with Crippen LogP contribution >= 0.6 is 0 Å². The van der Waals surface area contributed by atoms with Crippen molar-refractivity contribution in [1.82, 2.24) is 4.90 Å². The number of hydrogen-bond donors (Lipinski definition) is 2. The second-order valence-electron chi connectivity index (χ2n) is 9.70. The largest absolute Gasteiger partial charge is 0.321 e. The highest BCUT2D eigenvalue weighted by Crippen LogP contribution is 2.34. The van der Waals surface area contributed by atoms with Gasteiger partial charge in [-0.2, -0.15) is 0 Å². The number of piperidine rings is 1. The summed E-state index contributed by atoms with van der Waals surface area (Å²) in [7, 11) is -3.28. The van der Waals surface area contributed by atoms with Crippen LogP contribution in [0.3, 0.4) is 0 Å². The van der Waals surface area contributed by atoms with Crippen molar-refractivity contribution in [3.8, 4) is 0 Å². The van der Waals surface area contributed by atoms with E-state index in [4.69, 9.17) is 5.73 Å². The van der Waals surface area contributed by atoms with Crippen LogP contribution in [0, 0.1) is 11.8 Å². The van der Waals surface area contributed by atoms with Gasteiger partial charge >= 0.3 is 0 Å². The molecule has 3 rings (SSSR count). The molecule has 0 bridgehead atoms. The van der Waals surface area contributed by atoms with E-state index in [0.717, 1.165) is 44.0 Å². The molecule has 1 unspecified atom stereocenters. The average Bonchev–Trinajstić information content (AvgIpc) is 2.75. The number of sulfonamides is 1. The summed E-state index contributed by atoms with van der Waals surface area (Å²) in [6, 6.07) is 18.2. The van der Waals surface area contributed by atoms with Crippen LogP contribution < -0.4 is 10.5 Å². The van der Waals surface area contributed by atoms with Gasteiger partial charge in [-0.1, -0.05) is 75.2 Å². The van der Waals surface area contributed by atoms with Gasteiger partial charge in [-0.05, 0) is 61.4 Å². The van der Waals surface area contributed by atoms with Gasteiger partial charge in [0.25, 0.3) is 0 Å². The molecule has 6 heteroatoms. The molecule has 3 N–H and O–H groups in total. The van der Waals surface area contributed by atoms with Gasteiger partial charge in [0, 0.05) is 12.1 Å². The first-order valence-electron chi connectivity index (χ1n) is 11.8. The Labute approximate surface area is 194 Å². The molecule has 2 aromatic carbocycles. The molecular weight excluding hydrogens is 418 g/mol. The molecule has 176 valence electrons. The standard InChI is InChI=1S/C26H39N3O2S/c1-21(2)26(27,24-12-5-4-6-13-24)17-9-10-22-15-18-29(19-16-22)20-23-11-7-8-14-25(23)28-32(3,30)31/h4-8,11-14,21-22,28H,9-10,15-20,27H2,1-3H3. The Kier molecular flexibility index (Phi) is 8.37. The van der Waals surface area contributed by atoms with Crippen molar-refractivity contribution in [2.24, 2.45) is 17.6 Å². The predicted molar refractivity (Wildman–Crippen MR) is 134 cm³/mol. The van der Waals surface area contributed by atoms with E-state index in [1.807, 2.05) is 30.3 Å². The van der Waals surface area contributed by atoms with Crippen LogP contribution in [0.5, 0.6) is 0 Å². The van der Waals surface area contributed by atoms with Gasteiger partial charge in [0.2, 0.25) is 10.0 Å². The maximum atomic E-state index is 11.7. The number of anilines is 1. The van der Waals surface area contributed by atoms with Crippen LogP contribution in [-0.4, -0.2) is 32.7 Å². The topological polar surface area (TPSA) is 75.4 Å². The third-order valence-electron chi connectivity index (χ3n) is 6.96. The molecule has 1 atom stereocenters. The summed E-state index contributed by atoms with van der Waals surface area (Å²) in [5.41, 5.74) is 9.58. The fraction of sp³-hybridized carbons (Fsp3) is 0.538. The number of para-hydroxylation sites is 1. The van der Waals surface area contributed by atoms with Gasteiger partial charge in [-0.25, -0.2) is 8.42 Å². The molecular formula is C26H39N3O2S. The summed E-state index contributed by atoms with van der Waals surface area (Å²) < 4.78 is 26.0. The maximum absolute atomic E-state index is 11.7. The van der Waals surface area contributed by atoms with E-state index in [0.29, 0.717) is 11.6 Å².